The van der Waals surface area contributed by atoms with E-state index in [4.69, 9.17) is 14.7 Å². The van der Waals surface area contributed by atoms with Gasteiger partial charge in [0.25, 0.3) is 5.69 Å². The molecule has 1 N–H and O–H groups in total. The van der Waals surface area contributed by atoms with Crippen LogP contribution in [0.1, 0.15) is 20.3 Å². The second-order valence-electron chi connectivity index (χ2n) is 7.34. The molecule has 0 aliphatic rings. The van der Waals surface area contributed by atoms with Gasteiger partial charge in [-0.1, -0.05) is 0 Å². The number of nitro groups is 2. The zero-order valence-corrected chi connectivity index (χ0v) is 21.6. The van der Waals surface area contributed by atoms with Gasteiger partial charge in [0.15, 0.2) is 5.69 Å². The van der Waals surface area contributed by atoms with Crippen molar-refractivity contribution in [2.45, 2.75) is 25.2 Å². The molecular weight excluding hydrogens is 522 g/mol. The van der Waals surface area contributed by atoms with Gasteiger partial charge in [-0.3, -0.25) is 29.8 Å². The molecule has 2 aromatic rings. The van der Waals surface area contributed by atoms with E-state index < -0.39 is 33.1 Å². The van der Waals surface area contributed by atoms with Crippen LogP contribution in [0.25, 0.3) is 0 Å². The second kappa shape index (κ2) is 13.5. The number of methoxy groups -OCH3 is 2. The molecule has 0 saturated heterocycles. The van der Waals surface area contributed by atoms with Crippen molar-refractivity contribution in [2.75, 3.05) is 37.5 Å². The van der Waals surface area contributed by atoms with E-state index in [0.29, 0.717) is 35.8 Å². The minimum absolute atomic E-state index is 0.0620. The second-order valence-corrected chi connectivity index (χ2v) is 8.17. The summed E-state index contributed by atoms with van der Waals surface area (Å²) in [4.78, 5) is 46.4. The number of amides is 1. The number of esters is 1. The van der Waals surface area contributed by atoms with Crippen LogP contribution < -0.4 is 15.0 Å². The first-order valence-electron chi connectivity index (χ1n) is 10.8. The van der Waals surface area contributed by atoms with Gasteiger partial charge in [-0.2, -0.15) is 5.26 Å². The Bertz CT molecular complexity index is 1330. The summed E-state index contributed by atoms with van der Waals surface area (Å²) in [6, 6.07) is 4.71. The van der Waals surface area contributed by atoms with Gasteiger partial charge in [-0.25, -0.2) is 0 Å². The molecule has 0 spiro atoms. The Morgan fingerprint density at radius 3 is 2.29 bits per heavy atom. The number of nitriles is 1. The van der Waals surface area contributed by atoms with Crippen molar-refractivity contribution in [3.05, 3.63) is 44.5 Å². The number of carbonyl (C=O) groups excluding carboxylic acids is 2. The highest BCUT2D eigenvalue weighted by molar-refractivity contribution is 8.03. The molecule has 38 heavy (non-hydrogen) atoms. The van der Waals surface area contributed by atoms with Gasteiger partial charge >= 0.3 is 11.7 Å². The number of carbonyl (C=O) groups is 2. The molecule has 1 amide bonds. The summed E-state index contributed by atoms with van der Waals surface area (Å²) in [6.07, 6.45) is 0.0945. The molecular formula is C22H23N7O8S. The number of rotatable bonds is 12. The average Bonchev–Trinajstić information content (AvgIpc) is 2.87. The Hall–Kier alpha value is -4.78. The van der Waals surface area contributed by atoms with Crippen molar-refractivity contribution in [2.24, 2.45) is 10.2 Å². The molecule has 15 nitrogen and oxygen atoms in total. The van der Waals surface area contributed by atoms with Crippen LogP contribution in [-0.4, -0.2) is 49.0 Å². The van der Waals surface area contributed by atoms with E-state index in [1.54, 1.807) is 11.5 Å². The maximum absolute atomic E-state index is 11.9. The fourth-order valence-electron chi connectivity index (χ4n) is 3.27. The van der Waals surface area contributed by atoms with Gasteiger partial charge in [-0.05, 0) is 30.8 Å². The van der Waals surface area contributed by atoms with Crippen LogP contribution in [-0.2, 0) is 14.3 Å². The molecule has 0 unspecified atom stereocenters. The van der Waals surface area contributed by atoms with Crippen LogP contribution in [0.15, 0.2) is 39.4 Å². The lowest BCUT2D eigenvalue weighted by Gasteiger charge is -2.25. The number of nitrogens with zero attached hydrogens (tertiary/aromatic N) is 6. The maximum Gasteiger partial charge on any atom is 0.307 e. The lowest BCUT2D eigenvalue weighted by atomic mass is 10.2. The molecule has 0 atom stereocenters. The van der Waals surface area contributed by atoms with Crippen molar-refractivity contribution >= 4 is 57.8 Å². The summed E-state index contributed by atoms with van der Waals surface area (Å²) in [7, 11) is 2.68. The van der Waals surface area contributed by atoms with Crippen LogP contribution in [0.4, 0.5) is 34.1 Å². The SMILES string of the molecule is CCN(CCC(=O)OC)c1cc(NC(C)=O)c(N=Nc2cc(SC#N)c([N+](=O)[O-])cc2[N+](=O)[O-])cc1OC. The summed E-state index contributed by atoms with van der Waals surface area (Å²) >= 11 is 0.444. The Kier molecular flexibility index (Phi) is 10.5. The molecule has 0 saturated carbocycles. The number of hydrogen-bond donors (Lipinski definition) is 1. The summed E-state index contributed by atoms with van der Waals surface area (Å²) in [5.74, 6) is -0.545. The van der Waals surface area contributed by atoms with E-state index in [1.807, 2.05) is 11.8 Å². The van der Waals surface area contributed by atoms with Gasteiger partial charge in [0, 0.05) is 26.1 Å². The molecule has 0 bridgehead atoms. The van der Waals surface area contributed by atoms with Crippen molar-refractivity contribution < 1.29 is 28.9 Å². The molecule has 16 heteroatoms. The predicted molar refractivity (Wildman–Crippen MR) is 137 cm³/mol. The normalized spacial score (nSPS) is 10.5. The molecule has 0 radical (unpaired) electrons. The Morgan fingerprint density at radius 1 is 1.11 bits per heavy atom. The molecule has 0 fully saturated rings. The number of ether oxygens (including phenoxy) is 2. The fourth-order valence-corrected chi connectivity index (χ4v) is 3.78. The van der Waals surface area contributed by atoms with E-state index in [1.165, 1.54) is 27.2 Å². The topological polar surface area (TPSA) is 203 Å². The number of nitrogens with one attached hydrogen (secondary N) is 1. The molecule has 0 aliphatic heterocycles. The first-order chi connectivity index (χ1) is 18.1. The number of thiocyanates is 1. The molecule has 200 valence electrons. The van der Waals surface area contributed by atoms with E-state index in [0.717, 1.165) is 6.07 Å². The number of hydrogen-bond acceptors (Lipinski definition) is 13. The minimum atomic E-state index is -0.860. The highest BCUT2D eigenvalue weighted by Crippen LogP contribution is 2.42. The Labute approximate surface area is 220 Å². The van der Waals surface area contributed by atoms with E-state index in [2.05, 4.69) is 15.5 Å². The lowest BCUT2D eigenvalue weighted by Crippen LogP contribution is -2.26. The van der Waals surface area contributed by atoms with Crippen molar-refractivity contribution in [3.63, 3.8) is 0 Å². The van der Waals surface area contributed by atoms with Crippen molar-refractivity contribution in [3.8, 4) is 11.2 Å². The third-order valence-electron chi connectivity index (χ3n) is 5.01. The van der Waals surface area contributed by atoms with Crippen LogP contribution in [0.3, 0.4) is 0 Å². The standard InChI is InChI=1S/C22H23N7O8S/c1-5-27(7-6-22(31)37-4)18-8-14(24-13(2)30)15(9-20(18)36-3)25-26-16-10-21(38-12-23)19(29(34)35)11-17(16)28(32)33/h8-11H,5-7H2,1-4H3,(H,24,30). The van der Waals surface area contributed by atoms with Gasteiger partial charge in [-0.15, -0.1) is 10.2 Å². The maximum atomic E-state index is 11.9. The average molecular weight is 546 g/mol. The molecule has 0 aromatic heterocycles. The number of azo groups is 1. The summed E-state index contributed by atoms with van der Waals surface area (Å²) in [5.41, 5.74) is -0.901. The zero-order chi connectivity index (χ0) is 28.4. The lowest BCUT2D eigenvalue weighted by molar-refractivity contribution is -0.395. The third-order valence-corrected chi connectivity index (χ3v) is 5.65. The first-order valence-corrected chi connectivity index (χ1v) is 11.6. The number of thioether (sulfide) groups is 1. The van der Waals surface area contributed by atoms with Crippen LogP contribution in [0.2, 0.25) is 0 Å². The van der Waals surface area contributed by atoms with Gasteiger partial charge in [0.1, 0.15) is 21.7 Å². The predicted octanol–water partition coefficient (Wildman–Crippen LogP) is 4.85. The summed E-state index contributed by atoms with van der Waals surface area (Å²) in [6.45, 7) is 3.88. The number of benzene rings is 2. The number of nitro benzene ring substituents is 2. The minimum Gasteiger partial charge on any atom is -0.494 e. The quantitative estimate of drug-likeness (QED) is 0.0953. The van der Waals surface area contributed by atoms with Crippen LogP contribution in [0.5, 0.6) is 5.75 Å². The third kappa shape index (κ3) is 7.36. The Morgan fingerprint density at radius 2 is 1.76 bits per heavy atom. The summed E-state index contributed by atoms with van der Waals surface area (Å²) in [5, 5.41) is 44.1. The zero-order valence-electron chi connectivity index (χ0n) is 20.8. The first kappa shape index (κ1) is 29.5. The molecule has 2 rings (SSSR count). The van der Waals surface area contributed by atoms with Gasteiger partial charge < -0.3 is 19.7 Å². The number of anilines is 2. The monoisotopic (exact) mass is 545 g/mol. The fraction of sp³-hybridized carbons (Fsp3) is 0.318. The van der Waals surface area contributed by atoms with Gasteiger partial charge in [0.05, 0.1) is 47.9 Å². The van der Waals surface area contributed by atoms with Crippen LogP contribution >= 0.6 is 11.8 Å². The Balaban J connectivity index is 2.65. The van der Waals surface area contributed by atoms with Gasteiger partial charge in [0.2, 0.25) is 5.91 Å². The van der Waals surface area contributed by atoms with Crippen molar-refractivity contribution in [1.29, 1.82) is 5.26 Å². The largest absolute Gasteiger partial charge is 0.494 e. The van der Waals surface area contributed by atoms with E-state index >= 15 is 0 Å². The molecule has 0 heterocycles. The smallest absolute Gasteiger partial charge is 0.307 e. The van der Waals surface area contributed by atoms with Crippen molar-refractivity contribution in [1.82, 2.24) is 0 Å². The molecule has 2 aromatic carbocycles. The molecule has 0 aliphatic carbocycles. The van der Waals surface area contributed by atoms with E-state index in [9.17, 15) is 29.8 Å². The highest BCUT2D eigenvalue weighted by atomic mass is 32.2. The van der Waals surface area contributed by atoms with E-state index in [-0.39, 0.29) is 34.9 Å². The highest BCUT2D eigenvalue weighted by Gasteiger charge is 2.25. The summed E-state index contributed by atoms with van der Waals surface area (Å²) < 4.78 is 10.2. The van der Waals surface area contributed by atoms with Crippen LogP contribution in [0, 0.1) is 30.9 Å².